The highest BCUT2D eigenvalue weighted by Gasteiger charge is 2.78. The Hall–Kier alpha value is -0.490. The van der Waals surface area contributed by atoms with E-state index >= 15 is 0 Å². The van der Waals surface area contributed by atoms with Crippen molar-refractivity contribution in [1.29, 1.82) is 0 Å². The van der Waals surface area contributed by atoms with E-state index in [4.69, 9.17) is 61.1 Å². The number of Topliss-reactive ketones (excluding diaryl/α,β-unsaturated/α-hetero) is 1. The summed E-state index contributed by atoms with van der Waals surface area (Å²) in [6.07, 6.45) is -2.24. The molecule has 1 saturated carbocycles. The van der Waals surface area contributed by atoms with Crippen molar-refractivity contribution in [2.75, 3.05) is 14.2 Å². The predicted octanol–water partition coefficient (Wildman–Crippen LogP) is 2.42. The maximum atomic E-state index is 11.6. The number of hydrogen-bond acceptors (Lipinski definition) is 9. The van der Waals surface area contributed by atoms with E-state index in [1.807, 2.05) is 13.8 Å². The summed E-state index contributed by atoms with van der Waals surface area (Å²) in [5.74, 6) is -1.03. The summed E-state index contributed by atoms with van der Waals surface area (Å²) in [5, 5.41) is 0. The van der Waals surface area contributed by atoms with Crippen LogP contribution in [0.5, 0.6) is 0 Å². The van der Waals surface area contributed by atoms with Crippen molar-refractivity contribution in [3.8, 4) is 0 Å². The van der Waals surface area contributed by atoms with E-state index in [9.17, 15) is 4.79 Å². The lowest BCUT2D eigenvalue weighted by Crippen LogP contribution is -2.69. The van der Waals surface area contributed by atoms with E-state index in [2.05, 4.69) is 6.58 Å². The molecule has 9 nitrogen and oxygen atoms in total. The summed E-state index contributed by atoms with van der Waals surface area (Å²) in [6, 6.07) is 0. The van der Waals surface area contributed by atoms with Crippen molar-refractivity contribution in [3.63, 3.8) is 0 Å². The second-order valence-electron chi connectivity index (χ2n) is 9.02. The average Bonchev–Trinajstić information content (AvgIpc) is 3.34. The van der Waals surface area contributed by atoms with Crippen LogP contribution in [0.3, 0.4) is 0 Å². The third-order valence-electron chi connectivity index (χ3n) is 5.94. The molecule has 5 fully saturated rings. The third kappa shape index (κ3) is 3.62. The number of hydrogen-bond donors (Lipinski definition) is 0. The number of rotatable bonds is 2. The number of ketones is 1. The molecule has 176 valence electrons. The van der Waals surface area contributed by atoms with Crippen molar-refractivity contribution in [2.24, 2.45) is 0 Å². The molecule has 1 aliphatic carbocycles. The minimum atomic E-state index is -1.60. The van der Waals surface area contributed by atoms with Crippen LogP contribution in [0.15, 0.2) is 12.3 Å². The number of fused-ring (bicyclic) bond motifs is 3. The van der Waals surface area contributed by atoms with E-state index in [1.54, 1.807) is 21.0 Å². The van der Waals surface area contributed by atoms with Gasteiger partial charge in [0.05, 0.1) is 0 Å². The summed E-state index contributed by atoms with van der Waals surface area (Å²) in [4.78, 5) is 11.6. The van der Waals surface area contributed by atoms with Crippen molar-refractivity contribution < 1.29 is 42.7 Å². The van der Waals surface area contributed by atoms with Crippen LogP contribution in [-0.4, -0.2) is 78.5 Å². The molecule has 4 saturated heterocycles. The van der Waals surface area contributed by atoms with E-state index in [0.717, 1.165) is 0 Å². The van der Waals surface area contributed by atoms with E-state index < -0.39 is 40.0 Å². The van der Waals surface area contributed by atoms with E-state index in [1.165, 1.54) is 7.11 Å². The Morgan fingerprint density at radius 1 is 0.903 bits per heavy atom. The number of carbonyl (C=O) groups excluding carboxylic acids is 1. The predicted molar refractivity (Wildman–Crippen MR) is 107 cm³/mol. The normalized spacial score (nSPS) is 45.5. The van der Waals surface area contributed by atoms with Gasteiger partial charge in [0.2, 0.25) is 10.6 Å². The third-order valence-corrected chi connectivity index (χ3v) is 7.00. The molecule has 1 unspecified atom stereocenters. The van der Waals surface area contributed by atoms with Crippen LogP contribution in [0.2, 0.25) is 0 Å². The molecule has 5 aliphatic rings. The zero-order valence-corrected chi connectivity index (χ0v) is 19.8. The lowest BCUT2D eigenvalue weighted by Gasteiger charge is -2.49. The Bertz CT molecular complexity index is 770. The smallest absolute Gasteiger partial charge is 0.228 e. The quantitative estimate of drug-likeness (QED) is 0.550. The first-order valence-electron chi connectivity index (χ1n) is 9.98. The average molecular weight is 483 g/mol. The Morgan fingerprint density at radius 3 is 2.03 bits per heavy atom. The van der Waals surface area contributed by atoms with Crippen LogP contribution in [0, 0.1) is 0 Å². The molecule has 0 aromatic carbocycles. The first kappa shape index (κ1) is 23.7. The van der Waals surface area contributed by atoms with E-state index in [-0.39, 0.29) is 30.7 Å². The van der Waals surface area contributed by atoms with Gasteiger partial charge in [0.15, 0.2) is 29.8 Å². The van der Waals surface area contributed by atoms with Crippen molar-refractivity contribution >= 4 is 29.0 Å². The summed E-state index contributed by atoms with van der Waals surface area (Å²) in [6.45, 7) is 11.1. The molecule has 4 aliphatic heterocycles. The van der Waals surface area contributed by atoms with Gasteiger partial charge in [0.25, 0.3) is 0 Å². The molecule has 0 aromatic rings. The molecule has 1 spiro atoms. The second kappa shape index (κ2) is 7.51. The second-order valence-corrected chi connectivity index (χ2v) is 10.3. The molecule has 0 aromatic heterocycles. The lowest BCUT2D eigenvalue weighted by molar-refractivity contribution is -0.261. The molecule has 0 N–H and O–H groups in total. The Labute approximate surface area is 191 Å². The number of carbonyl (C=O) groups is 1. The van der Waals surface area contributed by atoms with Gasteiger partial charge in [-0.1, -0.05) is 29.8 Å². The number of methoxy groups -OCH3 is 2. The Morgan fingerprint density at radius 2 is 1.48 bits per heavy atom. The van der Waals surface area contributed by atoms with Crippen molar-refractivity contribution in [2.45, 2.75) is 92.6 Å². The van der Waals surface area contributed by atoms with Gasteiger partial charge < -0.3 is 37.9 Å². The van der Waals surface area contributed by atoms with Crippen LogP contribution in [0.25, 0.3) is 0 Å². The van der Waals surface area contributed by atoms with Crippen LogP contribution in [0.4, 0.5) is 0 Å². The van der Waals surface area contributed by atoms with E-state index in [0.29, 0.717) is 5.76 Å². The minimum Gasteiger partial charge on any atom is -0.464 e. The summed E-state index contributed by atoms with van der Waals surface area (Å²) < 4.78 is 42.5. The fourth-order valence-electron chi connectivity index (χ4n) is 4.56. The van der Waals surface area contributed by atoms with Crippen molar-refractivity contribution in [3.05, 3.63) is 12.3 Å². The molecule has 4 heterocycles. The highest BCUT2D eigenvalue weighted by Crippen LogP contribution is 2.60. The van der Waals surface area contributed by atoms with Gasteiger partial charge in [-0.3, -0.25) is 4.79 Å². The monoisotopic (exact) mass is 482 g/mol. The van der Waals surface area contributed by atoms with Crippen molar-refractivity contribution in [1.82, 2.24) is 0 Å². The van der Waals surface area contributed by atoms with Gasteiger partial charge in [0, 0.05) is 20.6 Å². The SMILES string of the molecule is C=C1O[C@@H](OC)[C@@H]2OC(C)(C)O[C@H]12.CO[C@@H]1O[C@@]2(CC(=O)C2(Cl)Cl)[C@@H]2OC(C)(C)OC12. The fraction of sp³-hybridized carbons (Fsp3) is 0.850. The van der Waals surface area contributed by atoms with Crippen LogP contribution in [0.1, 0.15) is 34.1 Å². The van der Waals surface area contributed by atoms with Gasteiger partial charge in [-0.2, -0.15) is 0 Å². The number of halogens is 2. The highest BCUT2D eigenvalue weighted by atomic mass is 35.5. The number of alkyl halides is 2. The maximum Gasteiger partial charge on any atom is 0.228 e. The number of ether oxygens (including phenoxy) is 8. The van der Waals surface area contributed by atoms with Gasteiger partial charge in [0.1, 0.15) is 29.7 Å². The first-order chi connectivity index (χ1) is 14.3. The summed E-state index contributed by atoms with van der Waals surface area (Å²) in [7, 11) is 3.08. The Kier molecular flexibility index (Phi) is 5.73. The molecule has 5 rings (SSSR count). The summed E-state index contributed by atoms with van der Waals surface area (Å²) in [5.41, 5.74) is -1.08. The van der Waals surface area contributed by atoms with Gasteiger partial charge in [-0.15, -0.1) is 0 Å². The topological polar surface area (TPSA) is 90.9 Å². The molecule has 11 heteroatoms. The highest BCUT2D eigenvalue weighted by molar-refractivity contribution is 6.61. The summed E-state index contributed by atoms with van der Waals surface area (Å²) >= 11 is 12.2. The lowest BCUT2D eigenvalue weighted by atomic mass is 9.73. The zero-order chi connectivity index (χ0) is 23.0. The largest absolute Gasteiger partial charge is 0.464 e. The van der Waals surface area contributed by atoms with Gasteiger partial charge >= 0.3 is 0 Å². The molecule has 7 atom stereocenters. The molecular formula is C20H28Cl2O9. The standard InChI is InChI=1S/C11H14Cl2O5.C9H14O4/c1-9(2)16-6-7(17-9)10(18-8(6)15-3)4-5(14)11(10,12)13;1-5-6-7(8(10-4)11-5)13-9(2,3)12-6/h6-8H,4H2,1-3H3;6-8H,1H2,2-4H3/t6?,7-,8-,10+;6-,7-,8-/m11/s1. The molecule has 0 amide bonds. The molecule has 0 bridgehead atoms. The minimum absolute atomic E-state index is 0.112. The maximum absolute atomic E-state index is 11.6. The van der Waals surface area contributed by atoms with Crippen LogP contribution >= 0.6 is 23.2 Å². The molecular weight excluding hydrogens is 455 g/mol. The Balaban J connectivity index is 0.000000158. The molecule has 0 radical (unpaired) electrons. The fourth-order valence-corrected chi connectivity index (χ4v) is 5.13. The first-order valence-corrected chi connectivity index (χ1v) is 10.7. The van der Waals surface area contributed by atoms with Gasteiger partial charge in [-0.05, 0) is 27.7 Å². The zero-order valence-electron chi connectivity index (χ0n) is 18.3. The van der Waals surface area contributed by atoms with Crippen LogP contribution in [-0.2, 0) is 42.7 Å². The van der Waals surface area contributed by atoms with Crippen LogP contribution < -0.4 is 0 Å². The van der Waals surface area contributed by atoms with Gasteiger partial charge in [-0.25, -0.2) is 0 Å². The molecule has 31 heavy (non-hydrogen) atoms.